The average Bonchev–Trinajstić information content (AvgIpc) is 1.43. The van der Waals surface area contributed by atoms with Crippen molar-refractivity contribution in [3.8, 4) is 0 Å². The molecule has 7 saturated heterocycles. The molecule has 0 aromatic heterocycles. The van der Waals surface area contributed by atoms with Crippen LogP contribution < -0.4 is 0 Å². The molecule has 7 rings (SSSR count). The number of hydrogen-bond acceptors (Lipinski definition) is 27. The summed E-state index contributed by atoms with van der Waals surface area (Å²) < 4.78 is 141. The molecule has 26 atom stereocenters. The van der Waals surface area contributed by atoms with E-state index >= 15 is 0 Å². The van der Waals surface area contributed by atoms with Gasteiger partial charge in [0.05, 0.1) is 88.5 Å². The molecular formula is C57H97Cl3F3N7O24SSi. The van der Waals surface area contributed by atoms with Crippen molar-refractivity contribution in [2.45, 2.75) is 230 Å². The highest BCUT2D eigenvalue weighted by Crippen LogP contribution is 2.43. The van der Waals surface area contributed by atoms with Gasteiger partial charge in [-0.25, -0.2) is 0 Å². The summed E-state index contributed by atoms with van der Waals surface area (Å²) in [6.07, 6.45) is -6.92. The number of rotatable bonds is 17. The third-order valence-corrected chi connectivity index (χ3v) is 21.0. The van der Waals surface area contributed by atoms with E-state index in [0.29, 0.717) is 46.2 Å². The summed E-state index contributed by atoms with van der Waals surface area (Å²) >= 11 is 17.3. The minimum Gasteiger partial charge on any atom is -0.448 e. The van der Waals surface area contributed by atoms with Gasteiger partial charge >= 0.3 is 27.9 Å². The second-order valence-corrected chi connectivity index (χ2v) is 34.4. The van der Waals surface area contributed by atoms with Crippen LogP contribution >= 0.6 is 34.8 Å². The van der Waals surface area contributed by atoms with Crippen molar-refractivity contribution in [1.82, 2.24) is 0 Å². The summed E-state index contributed by atoms with van der Waals surface area (Å²) in [6.45, 7) is 34.5. The normalized spacial score (nSPS) is 38.1. The van der Waals surface area contributed by atoms with E-state index in [4.69, 9.17) is 137 Å². The van der Waals surface area contributed by atoms with Gasteiger partial charge < -0.3 is 85.5 Å². The van der Waals surface area contributed by atoms with Gasteiger partial charge in [-0.2, -0.15) is 40.8 Å². The van der Waals surface area contributed by atoms with Crippen molar-refractivity contribution in [1.29, 1.82) is 5.41 Å². The monoisotopic (exact) mass is 1490 g/mol. The van der Waals surface area contributed by atoms with Gasteiger partial charge in [0.1, 0.15) is 12.2 Å². The van der Waals surface area contributed by atoms with E-state index in [9.17, 15) is 36.9 Å². The van der Waals surface area contributed by atoms with Crippen LogP contribution in [0.3, 0.4) is 0 Å². The minimum atomic E-state index is -5.39. The van der Waals surface area contributed by atoms with Crippen LogP contribution in [-0.2, 0) is 99.5 Å². The number of halogens is 6. The van der Waals surface area contributed by atoms with Crippen molar-refractivity contribution < 1.29 is 126 Å². The molecule has 556 valence electrons. The second kappa shape index (κ2) is 40.6. The van der Waals surface area contributed by atoms with Gasteiger partial charge in [-0.15, -0.1) is 0 Å². The summed E-state index contributed by atoms with van der Waals surface area (Å²) in [5, 5.41) is 45.0. The van der Waals surface area contributed by atoms with Gasteiger partial charge in [-0.3, -0.25) is 5.41 Å². The van der Waals surface area contributed by atoms with Crippen molar-refractivity contribution in [3.05, 3.63) is 20.9 Å². The molecule has 39 heteroatoms. The number of ether oxygens (including phenoxy) is 14. The summed E-state index contributed by atoms with van der Waals surface area (Å²) in [5.74, 6) is -0.932. The molecular weight excluding hydrogens is 1390 g/mol. The molecule has 96 heavy (non-hydrogen) atoms. The van der Waals surface area contributed by atoms with Gasteiger partial charge in [0.2, 0.25) is 20.5 Å². The number of aliphatic hydroxyl groups excluding tert-OH is 3. The molecule has 7 heterocycles. The van der Waals surface area contributed by atoms with Gasteiger partial charge in [-0.1, -0.05) is 114 Å². The van der Waals surface area contributed by atoms with Crippen LogP contribution in [0.5, 0.6) is 0 Å². The number of carbonyl (C=O) groups excluding carboxylic acids is 4. The number of nitrogens with one attached hydrogen (secondary N) is 1. The first-order valence-corrected chi connectivity index (χ1v) is 37.1. The molecule has 7 aliphatic rings. The number of alkyl halides is 6. The lowest BCUT2D eigenvalue weighted by Crippen LogP contribution is -2.57. The van der Waals surface area contributed by atoms with Crippen molar-refractivity contribution in [3.63, 3.8) is 0 Å². The van der Waals surface area contributed by atoms with Gasteiger partial charge in [0.25, 0.3) is 3.79 Å². The molecule has 0 bridgehead atoms. The molecule has 0 aromatic rings. The Morgan fingerprint density at radius 2 is 1.03 bits per heavy atom. The van der Waals surface area contributed by atoms with Crippen LogP contribution in [0.15, 0.2) is 10.2 Å². The summed E-state index contributed by atoms with van der Waals surface area (Å²) in [5.41, 5.74) is 11.2. The SMILES string of the molecule is CC1O[C@@H](O[C@@H]2CO[C@@H](OCCN=[N+]=[N-])C(C)[C@H]2C)C(C)[C@@H](O[C@H]2OC[C@@H](C)[C@H](O)C2O)[C@@H]1C.CC1O[C@H](OC(=N)C(Cl)(Cl)Cl)C(C)[C@@H](O[C@H]2OC[C@@H](C)[C@@H]3OC(C)(C)OC23)[C@@H]1C.CC1[C@H](OCCN=[N+]=[N-])OC[C@@H](O)[C@@H]1C.C[Si](C)(C)OS(=O)(=O)C(F)(F)F.O=C=O.O=C=O. The number of azide groups is 2. The Kier molecular flexibility index (Phi) is 37.7. The van der Waals surface area contributed by atoms with Crippen LogP contribution in [0, 0.1) is 64.6 Å². The highest BCUT2D eigenvalue weighted by Gasteiger charge is 2.55. The van der Waals surface area contributed by atoms with Crippen LogP contribution in [0.25, 0.3) is 20.9 Å². The highest BCUT2D eigenvalue weighted by molar-refractivity contribution is 7.88. The third-order valence-electron chi connectivity index (χ3n) is 17.0. The quantitative estimate of drug-likeness (QED) is 0.0122. The van der Waals surface area contributed by atoms with E-state index < -0.39 is 82.9 Å². The molecule has 4 N–H and O–H groups in total. The van der Waals surface area contributed by atoms with Crippen molar-refractivity contribution in [2.75, 3.05) is 52.7 Å². The van der Waals surface area contributed by atoms with E-state index in [1.165, 1.54) is 19.6 Å². The van der Waals surface area contributed by atoms with Crippen LogP contribution in [0.2, 0.25) is 19.6 Å². The zero-order chi connectivity index (χ0) is 73.6. The molecule has 0 radical (unpaired) electrons. The summed E-state index contributed by atoms with van der Waals surface area (Å²) in [6, 6.07) is 0. The van der Waals surface area contributed by atoms with E-state index in [1.54, 1.807) is 0 Å². The lowest BCUT2D eigenvalue weighted by atomic mass is 9.85. The smallest absolute Gasteiger partial charge is 0.448 e. The van der Waals surface area contributed by atoms with E-state index in [0.717, 1.165) is 0 Å². The average molecular weight is 1490 g/mol. The van der Waals surface area contributed by atoms with Crippen LogP contribution in [-0.4, -0.2) is 217 Å². The Labute approximate surface area is 574 Å². The molecule has 7 fully saturated rings. The zero-order valence-electron chi connectivity index (χ0n) is 56.9. The molecule has 31 nitrogen and oxygen atoms in total. The maximum atomic E-state index is 11.7. The molecule has 7 aliphatic heterocycles. The fourth-order valence-corrected chi connectivity index (χ4v) is 14.0. The number of nitrogens with zero attached hydrogens (tertiary/aromatic N) is 6. The fourth-order valence-electron chi connectivity index (χ4n) is 10.9. The minimum absolute atomic E-state index is 0.0370. The number of aliphatic hydroxyl groups is 3. The maximum absolute atomic E-state index is 11.7. The second-order valence-electron chi connectivity index (χ2n) is 25.9. The number of fused-ring (bicyclic) bond motifs is 1. The van der Waals surface area contributed by atoms with E-state index in [2.05, 4.69) is 37.8 Å². The molecule has 0 spiro atoms. The van der Waals surface area contributed by atoms with Crippen molar-refractivity contribution in [2.24, 2.45) is 69.4 Å². The Bertz CT molecular complexity index is 2640. The fraction of sp³-hybridized carbons (Fsp3) is 0.947. The van der Waals surface area contributed by atoms with Gasteiger partial charge in [0, 0.05) is 70.3 Å². The Morgan fingerprint density at radius 1 is 0.604 bits per heavy atom. The molecule has 0 saturated carbocycles. The first kappa shape index (κ1) is 89.1. The summed E-state index contributed by atoms with van der Waals surface area (Å²) in [4.78, 5) is 37.9. The Hall–Kier alpha value is -3.00. The number of hydrogen-bond donors (Lipinski definition) is 4. The predicted molar refractivity (Wildman–Crippen MR) is 334 cm³/mol. The molecule has 0 aliphatic carbocycles. The third kappa shape index (κ3) is 27.4. The van der Waals surface area contributed by atoms with Crippen LogP contribution in [0.1, 0.15) is 96.9 Å². The zero-order valence-corrected chi connectivity index (χ0v) is 61.0. The first-order chi connectivity index (χ1) is 44.4. The largest absolute Gasteiger partial charge is 0.522 e. The van der Waals surface area contributed by atoms with Crippen LogP contribution in [0.4, 0.5) is 13.2 Å². The summed E-state index contributed by atoms with van der Waals surface area (Å²) in [7, 11) is -8.10. The molecule has 0 amide bonds. The van der Waals surface area contributed by atoms with E-state index in [-0.39, 0.29) is 133 Å². The predicted octanol–water partition coefficient (Wildman–Crippen LogP) is 8.53. The topological polar surface area (TPSA) is 423 Å². The Morgan fingerprint density at radius 3 is 1.50 bits per heavy atom. The highest BCUT2D eigenvalue weighted by atomic mass is 35.6. The van der Waals surface area contributed by atoms with Crippen molar-refractivity contribution >= 4 is 71.4 Å². The Balaban J connectivity index is 0.000000453. The standard InChI is InChI=1S/C23H41N3O8.C19H30Cl3NO6.C9H17N3O3.C4H9F3O3SSi.2CO2/c1-11-9-30-23(19(28)18(11)27)34-20-14(4)16(6)32-22(15(20)5)33-17-10-31-21(13(3)12(17)2)29-8-7-25-26-24;1-8-7-24-16(14-12(8)28-18(5,6)29-14)26-13-9(2)11(4)25-15(10(13)3)27-17(23)19(20,21)22;1-6-7(2)9(15-5-8(6)13)14-4-3-11-12-10;1-12(2,3)10-11(8,9)4(5,6)7;2*2-1-3/h11-23,27-28H,7-10H2,1-6H3;8-16,23H,7H2,1-6H3;6-9,13H,3-5H2,1-2H3;1-3H3;;/t11-,12-,13?,14-,15?,16?,17-,18+,19?,20+,21-,22+,23-;8-,9-,10?,11?,12+,13+,14?,15-,16-;6-,7?,8-,9-;;;/m111.../s1. The maximum Gasteiger partial charge on any atom is 0.522 e. The van der Waals surface area contributed by atoms with Gasteiger partial charge in [-0.05, 0) is 70.2 Å². The lowest BCUT2D eigenvalue weighted by molar-refractivity contribution is -0.338. The first-order valence-electron chi connectivity index (χ1n) is 31.1. The van der Waals surface area contributed by atoms with E-state index in [1.807, 2.05) is 83.1 Å². The molecule has 8 unspecified atom stereocenters. The lowest BCUT2D eigenvalue weighted by Gasteiger charge is -2.48. The molecule has 0 aromatic carbocycles. The van der Waals surface area contributed by atoms with Gasteiger partial charge in [0.15, 0.2) is 37.2 Å².